The van der Waals surface area contributed by atoms with Crippen molar-refractivity contribution >= 4 is 11.8 Å². The summed E-state index contributed by atoms with van der Waals surface area (Å²) in [4.78, 5) is 24.2. The van der Waals surface area contributed by atoms with Crippen LogP contribution in [0.2, 0.25) is 0 Å². The molecule has 3 rings (SSSR count). The summed E-state index contributed by atoms with van der Waals surface area (Å²) >= 11 is 0. The molecule has 2 aliphatic carbocycles. The molecule has 2 saturated carbocycles. The van der Waals surface area contributed by atoms with Gasteiger partial charge in [0.2, 0.25) is 11.8 Å². The van der Waals surface area contributed by atoms with Crippen LogP contribution in [0.3, 0.4) is 0 Å². The molecule has 2 unspecified atom stereocenters. The molecule has 3 N–H and O–H groups in total. The van der Waals surface area contributed by atoms with Crippen molar-refractivity contribution < 1.29 is 19.1 Å². The smallest absolute Gasteiger partial charge is 0.245 e. The highest BCUT2D eigenvalue weighted by atomic mass is 19.1. The van der Waals surface area contributed by atoms with Crippen LogP contribution in [0.5, 0.6) is 0 Å². The number of aliphatic hydroxyl groups is 1. The molecule has 2 amide bonds. The van der Waals surface area contributed by atoms with Crippen molar-refractivity contribution in [3.63, 3.8) is 0 Å². The quantitative estimate of drug-likeness (QED) is 0.702. The Balaban J connectivity index is 1.61. The normalized spacial score (nSPS) is 20.8. The Hall–Kier alpha value is -1.95. The minimum Gasteiger partial charge on any atom is -0.391 e. The van der Waals surface area contributed by atoms with Gasteiger partial charge in [0.25, 0.3) is 0 Å². The second-order valence-corrected chi connectivity index (χ2v) is 6.98. The zero-order valence-corrected chi connectivity index (χ0v) is 13.7. The fourth-order valence-corrected chi connectivity index (χ4v) is 2.97. The van der Waals surface area contributed by atoms with E-state index in [-0.39, 0.29) is 23.1 Å². The first-order valence-corrected chi connectivity index (χ1v) is 8.44. The lowest BCUT2D eigenvalue weighted by Gasteiger charge is -2.23. The molecule has 6 heteroatoms. The molecule has 0 heterocycles. The van der Waals surface area contributed by atoms with Gasteiger partial charge < -0.3 is 15.7 Å². The van der Waals surface area contributed by atoms with E-state index in [9.17, 15) is 19.1 Å². The van der Waals surface area contributed by atoms with Crippen molar-refractivity contribution in [3.8, 4) is 0 Å². The van der Waals surface area contributed by atoms with Crippen LogP contribution in [0.25, 0.3) is 0 Å². The van der Waals surface area contributed by atoms with Gasteiger partial charge in [0.15, 0.2) is 0 Å². The molecule has 1 aromatic carbocycles. The molecule has 0 bridgehead atoms. The maximum absolute atomic E-state index is 14.0. The molecule has 0 aromatic heterocycles. The number of carbonyl (C=O) groups is 2. The van der Waals surface area contributed by atoms with E-state index >= 15 is 0 Å². The molecular weight excluding hydrogens is 311 g/mol. The molecule has 0 aliphatic heterocycles. The lowest BCUT2D eigenvalue weighted by atomic mass is 9.95. The predicted molar refractivity (Wildman–Crippen MR) is 86.7 cm³/mol. The van der Waals surface area contributed by atoms with Gasteiger partial charge in [0.1, 0.15) is 11.9 Å². The Labute approximate surface area is 140 Å². The van der Waals surface area contributed by atoms with Gasteiger partial charge in [-0.05, 0) is 44.2 Å². The minimum atomic E-state index is -0.990. The first-order chi connectivity index (χ1) is 11.4. The summed E-state index contributed by atoms with van der Waals surface area (Å²) in [5.74, 6) is -0.918. The van der Waals surface area contributed by atoms with Crippen LogP contribution in [-0.4, -0.2) is 35.6 Å². The summed E-state index contributed by atoms with van der Waals surface area (Å²) in [6.45, 7) is 1.77. The summed E-state index contributed by atoms with van der Waals surface area (Å²) in [6, 6.07) is 5.62. The van der Waals surface area contributed by atoms with E-state index in [4.69, 9.17) is 0 Å². The molecule has 2 aliphatic rings. The molecule has 1 aromatic rings. The largest absolute Gasteiger partial charge is 0.391 e. The van der Waals surface area contributed by atoms with Crippen molar-refractivity contribution in [1.29, 1.82) is 0 Å². The molecule has 5 nitrogen and oxygen atoms in total. The lowest BCUT2D eigenvalue weighted by molar-refractivity contribution is -0.132. The molecule has 0 spiro atoms. The van der Waals surface area contributed by atoms with Crippen molar-refractivity contribution in [2.75, 3.05) is 6.54 Å². The summed E-state index contributed by atoms with van der Waals surface area (Å²) in [7, 11) is 0. The van der Waals surface area contributed by atoms with Gasteiger partial charge in [0.05, 0.1) is 6.10 Å². The van der Waals surface area contributed by atoms with E-state index in [1.165, 1.54) is 13.0 Å². The number of benzene rings is 1. The first kappa shape index (κ1) is 16.9. The lowest BCUT2D eigenvalue weighted by Crippen LogP contribution is -2.53. The van der Waals surface area contributed by atoms with Crippen molar-refractivity contribution in [3.05, 3.63) is 35.6 Å². The van der Waals surface area contributed by atoms with Gasteiger partial charge in [-0.2, -0.15) is 0 Å². The number of carbonyl (C=O) groups excluding carboxylic acids is 2. The van der Waals surface area contributed by atoms with E-state index in [0.29, 0.717) is 12.1 Å². The van der Waals surface area contributed by atoms with E-state index in [2.05, 4.69) is 10.6 Å². The third-order valence-corrected chi connectivity index (χ3v) is 4.91. The molecule has 2 atom stereocenters. The van der Waals surface area contributed by atoms with Crippen LogP contribution in [-0.2, 0) is 15.0 Å². The fraction of sp³-hybridized carbons (Fsp3) is 0.556. The van der Waals surface area contributed by atoms with Gasteiger partial charge in [-0.15, -0.1) is 0 Å². The number of hydrogen-bond acceptors (Lipinski definition) is 3. The van der Waals surface area contributed by atoms with E-state index in [1.54, 1.807) is 18.2 Å². The van der Waals surface area contributed by atoms with Crippen molar-refractivity contribution in [2.45, 2.75) is 50.2 Å². The van der Waals surface area contributed by atoms with Crippen LogP contribution in [0.1, 0.15) is 38.2 Å². The van der Waals surface area contributed by atoms with Crippen LogP contribution in [0.4, 0.5) is 4.39 Å². The number of amides is 2. The van der Waals surface area contributed by atoms with Crippen LogP contribution in [0, 0.1) is 11.7 Å². The van der Waals surface area contributed by atoms with Crippen molar-refractivity contribution in [1.82, 2.24) is 10.6 Å². The van der Waals surface area contributed by atoms with Crippen LogP contribution in [0.15, 0.2) is 24.3 Å². The van der Waals surface area contributed by atoms with Gasteiger partial charge in [0, 0.05) is 17.9 Å². The van der Waals surface area contributed by atoms with Gasteiger partial charge in [-0.1, -0.05) is 18.2 Å². The number of hydrogen-bond donors (Lipinski definition) is 3. The number of aliphatic hydroxyl groups excluding tert-OH is 1. The first-order valence-electron chi connectivity index (χ1n) is 8.44. The SMILES string of the molecule is CC(O)C(NC(=O)C1CC1)C(=O)NCC1(c2ccccc2F)CC1. The molecule has 130 valence electrons. The van der Waals surface area contributed by atoms with Crippen LogP contribution >= 0.6 is 0 Å². The van der Waals surface area contributed by atoms with Crippen LogP contribution < -0.4 is 10.6 Å². The maximum Gasteiger partial charge on any atom is 0.245 e. The number of halogens is 1. The highest BCUT2D eigenvalue weighted by Gasteiger charge is 2.46. The Morgan fingerprint density at radius 1 is 1.33 bits per heavy atom. The molecule has 2 fully saturated rings. The highest BCUT2D eigenvalue weighted by molar-refractivity contribution is 5.89. The summed E-state index contributed by atoms with van der Waals surface area (Å²) in [5, 5.41) is 15.2. The number of rotatable bonds is 7. The third-order valence-electron chi connectivity index (χ3n) is 4.91. The van der Waals surface area contributed by atoms with E-state index in [0.717, 1.165) is 25.7 Å². The summed E-state index contributed by atoms with van der Waals surface area (Å²) in [5.41, 5.74) is 0.242. The second kappa shape index (κ2) is 6.51. The molecule has 0 radical (unpaired) electrons. The van der Waals surface area contributed by atoms with Gasteiger partial charge >= 0.3 is 0 Å². The summed E-state index contributed by atoms with van der Waals surface area (Å²) in [6.07, 6.45) is 2.29. The third kappa shape index (κ3) is 3.59. The van der Waals surface area contributed by atoms with Gasteiger partial charge in [-0.25, -0.2) is 4.39 Å². The molecule has 0 saturated heterocycles. The monoisotopic (exact) mass is 334 g/mol. The summed E-state index contributed by atoms with van der Waals surface area (Å²) < 4.78 is 14.0. The average Bonchev–Trinajstić information content (AvgIpc) is 3.44. The standard InChI is InChI=1S/C18H23FN2O3/c1-11(22)15(21-16(23)12-6-7-12)17(24)20-10-18(8-9-18)13-4-2-3-5-14(13)19/h2-5,11-12,15,22H,6-10H2,1H3,(H,20,24)(H,21,23). The number of nitrogens with one attached hydrogen (secondary N) is 2. The Morgan fingerprint density at radius 3 is 2.54 bits per heavy atom. The average molecular weight is 334 g/mol. The van der Waals surface area contributed by atoms with E-state index < -0.39 is 18.1 Å². The van der Waals surface area contributed by atoms with Gasteiger partial charge in [-0.3, -0.25) is 9.59 Å². The maximum atomic E-state index is 14.0. The van der Waals surface area contributed by atoms with E-state index in [1.807, 2.05) is 0 Å². The topological polar surface area (TPSA) is 78.4 Å². The Bertz CT molecular complexity index is 639. The highest BCUT2D eigenvalue weighted by Crippen LogP contribution is 2.48. The fourth-order valence-electron chi connectivity index (χ4n) is 2.97. The molecule has 24 heavy (non-hydrogen) atoms. The second-order valence-electron chi connectivity index (χ2n) is 6.98. The molecular formula is C18H23FN2O3. The Kier molecular flexibility index (Phi) is 4.58. The zero-order valence-electron chi connectivity index (χ0n) is 13.7. The Morgan fingerprint density at radius 2 is 2.00 bits per heavy atom. The van der Waals surface area contributed by atoms with Crippen molar-refractivity contribution in [2.24, 2.45) is 5.92 Å². The zero-order chi connectivity index (χ0) is 17.3. The minimum absolute atomic E-state index is 0.0350. The predicted octanol–water partition coefficient (Wildman–Crippen LogP) is 1.25.